The first-order valence-corrected chi connectivity index (χ1v) is 12.4. The molecule has 5 nitrogen and oxygen atoms in total. The van der Waals surface area contributed by atoms with Crippen LogP contribution in [-0.2, 0) is 4.79 Å². The summed E-state index contributed by atoms with van der Waals surface area (Å²) in [6.07, 6.45) is 18.8. The van der Waals surface area contributed by atoms with Crippen molar-refractivity contribution < 1.29 is 14.3 Å². The molecule has 1 aromatic carbocycles. The summed E-state index contributed by atoms with van der Waals surface area (Å²) >= 11 is 0. The Kier molecular flexibility index (Phi) is 16.5. The lowest BCUT2D eigenvalue weighted by Crippen LogP contribution is -2.30. The van der Waals surface area contributed by atoms with E-state index in [9.17, 15) is 4.79 Å². The summed E-state index contributed by atoms with van der Waals surface area (Å²) in [6, 6.07) is 5.49. The number of benzene rings is 1. The molecule has 31 heavy (non-hydrogen) atoms. The molecule has 0 saturated carbocycles. The van der Waals surface area contributed by atoms with E-state index in [0.717, 1.165) is 24.4 Å². The average Bonchev–Trinajstić information content (AvgIpc) is 2.79. The van der Waals surface area contributed by atoms with Crippen LogP contribution in [0.4, 0.5) is 5.69 Å². The number of ether oxygens (including phenoxy) is 2. The van der Waals surface area contributed by atoms with Crippen molar-refractivity contribution in [2.24, 2.45) is 0 Å². The van der Waals surface area contributed by atoms with Crippen molar-refractivity contribution in [3.8, 4) is 11.5 Å². The molecule has 2 N–H and O–H groups in total. The van der Waals surface area contributed by atoms with E-state index in [2.05, 4.69) is 17.6 Å². The van der Waals surface area contributed by atoms with Crippen LogP contribution >= 0.6 is 0 Å². The number of anilines is 1. The Hall–Kier alpha value is -1.91. The van der Waals surface area contributed by atoms with Crippen LogP contribution in [0.2, 0.25) is 0 Å². The lowest BCUT2D eigenvalue weighted by Gasteiger charge is -2.12. The smallest absolute Gasteiger partial charge is 0.239 e. The van der Waals surface area contributed by atoms with Crippen LogP contribution in [0.1, 0.15) is 96.8 Å². The molecule has 0 spiro atoms. The Morgan fingerprint density at radius 3 is 1.84 bits per heavy atom. The molecule has 0 fully saturated rings. The van der Waals surface area contributed by atoms with E-state index >= 15 is 0 Å². The van der Waals surface area contributed by atoms with Crippen molar-refractivity contribution in [1.82, 2.24) is 5.32 Å². The summed E-state index contributed by atoms with van der Waals surface area (Å²) in [6.45, 7) is 3.24. The van der Waals surface area contributed by atoms with Crippen molar-refractivity contribution in [2.45, 2.75) is 96.8 Å². The van der Waals surface area contributed by atoms with Gasteiger partial charge >= 0.3 is 0 Å². The first-order valence-electron chi connectivity index (χ1n) is 12.4. The molecule has 0 aliphatic heterocycles. The Bertz CT molecular complexity index is 578. The highest BCUT2D eigenvalue weighted by Crippen LogP contribution is 2.28. The molecule has 0 aliphatic rings. The van der Waals surface area contributed by atoms with E-state index in [1.54, 1.807) is 14.2 Å². The highest BCUT2D eigenvalue weighted by molar-refractivity contribution is 5.81. The van der Waals surface area contributed by atoms with Gasteiger partial charge in [-0.05, 0) is 18.6 Å². The summed E-state index contributed by atoms with van der Waals surface area (Å²) in [5.41, 5.74) is 0.758. The second kappa shape index (κ2) is 18.8. The summed E-state index contributed by atoms with van der Waals surface area (Å²) in [4.78, 5) is 12.1. The number of methoxy groups -OCH3 is 2. The van der Waals surface area contributed by atoms with Gasteiger partial charge in [0.25, 0.3) is 0 Å². The molecule has 0 aliphatic carbocycles. The Morgan fingerprint density at radius 1 is 0.774 bits per heavy atom. The number of nitrogens with one attached hydrogen (secondary N) is 2. The minimum Gasteiger partial charge on any atom is -0.497 e. The molecule has 0 atom stereocenters. The highest BCUT2D eigenvalue weighted by atomic mass is 16.5. The zero-order valence-electron chi connectivity index (χ0n) is 20.3. The number of unbranched alkanes of at least 4 members (excludes halogenated alkanes) is 13. The molecule has 1 rings (SSSR count). The molecule has 0 unspecified atom stereocenters. The van der Waals surface area contributed by atoms with E-state index < -0.39 is 0 Å². The van der Waals surface area contributed by atoms with Gasteiger partial charge in [0.2, 0.25) is 5.91 Å². The van der Waals surface area contributed by atoms with Crippen LogP contribution < -0.4 is 20.1 Å². The predicted molar refractivity (Wildman–Crippen MR) is 131 cm³/mol. The second-order valence-corrected chi connectivity index (χ2v) is 8.37. The number of carbonyl (C=O) groups excluding carboxylic acids is 1. The van der Waals surface area contributed by atoms with Gasteiger partial charge in [0.05, 0.1) is 26.5 Å². The highest BCUT2D eigenvalue weighted by Gasteiger charge is 2.07. The standard InChI is InChI=1S/C26H46N2O3/c1-4-5-6-7-8-9-10-11-12-13-14-15-16-17-20-27-26(29)22-28-24-21-23(30-2)18-19-25(24)31-3/h18-19,21,28H,4-17,20,22H2,1-3H3,(H,27,29). The SMILES string of the molecule is CCCCCCCCCCCCCCCCNC(=O)CNc1cc(OC)ccc1OC. The van der Waals surface area contributed by atoms with Gasteiger partial charge in [-0.25, -0.2) is 0 Å². The number of hydrogen-bond donors (Lipinski definition) is 2. The van der Waals surface area contributed by atoms with Crippen molar-refractivity contribution >= 4 is 11.6 Å². The number of amides is 1. The van der Waals surface area contributed by atoms with Crippen LogP contribution in [0.5, 0.6) is 11.5 Å². The molecule has 0 saturated heterocycles. The van der Waals surface area contributed by atoms with Gasteiger partial charge in [0.15, 0.2) is 0 Å². The zero-order valence-corrected chi connectivity index (χ0v) is 20.3. The van der Waals surface area contributed by atoms with Gasteiger partial charge in [0, 0.05) is 12.6 Å². The fourth-order valence-electron chi connectivity index (χ4n) is 3.74. The molecule has 0 bridgehead atoms. The summed E-state index contributed by atoms with van der Waals surface area (Å²) in [5, 5.41) is 6.11. The van der Waals surface area contributed by atoms with Gasteiger partial charge in [0.1, 0.15) is 11.5 Å². The maximum absolute atomic E-state index is 12.1. The van der Waals surface area contributed by atoms with Crippen molar-refractivity contribution in [3.05, 3.63) is 18.2 Å². The van der Waals surface area contributed by atoms with Crippen LogP contribution in [0, 0.1) is 0 Å². The summed E-state index contributed by atoms with van der Waals surface area (Å²) in [5.74, 6) is 1.42. The number of rotatable bonds is 20. The van der Waals surface area contributed by atoms with E-state index in [1.807, 2.05) is 18.2 Å². The topological polar surface area (TPSA) is 59.6 Å². The molecule has 0 aromatic heterocycles. The second-order valence-electron chi connectivity index (χ2n) is 8.37. The third-order valence-electron chi connectivity index (χ3n) is 5.70. The summed E-state index contributed by atoms with van der Waals surface area (Å²) in [7, 11) is 3.23. The van der Waals surface area contributed by atoms with Crippen LogP contribution in [0.3, 0.4) is 0 Å². The lowest BCUT2D eigenvalue weighted by molar-refractivity contribution is -0.119. The Morgan fingerprint density at radius 2 is 1.32 bits per heavy atom. The lowest BCUT2D eigenvalue weighted by atomic mass is 10.0. The molecule has 0 heterocycles. The van der Waals surface area contributed by atoms with E-state index in [0.29, 0.717) is 5.75 Å². The van der Waals surface area contributed by atoms with Gasteiger partial charge in [-0.15, -0.1) is 0 Å². The van der Waals surface area contributed by atoms with E-state index in [-0.39, 0.29) is 12.5 Å². The monoisotopic (exact) mass is 434 g/mol. The van der Waals surface area contributed by atoms with Crippen LogP contribution in [0.15, 0.2) is 18.2 Å². The molecule has 5 heteroatoms. The molecule has 0 radical (unpaired) electrons. The minimum absolute atomic E-state index is 0.000401. The first kappa shape index (κ1) is 27.1. The van der Waals surface area contributed by atoms with Crippen molar-refractivity contribution in [2.75, 3.05) is 32.6 Å². The zero-order chi connectivity index (χ0) is 22.6. The van der Waals surface area contributed by atoms with Crippen molar-refractivity contribution in [1.29, 1.82) is 0 Å². The van der Waals surface area contributed by atoms with E-state index in [4.69, 9.17) is 9.47 Å². The molecule has 1 aromatic rings. The minimum atomic E-state index is -0.000401. The summed E-state index contributed by atoms with van der Waals surface area (Å²) < 4.78 is 10.5. The fraction of sp³-hybridized carbons (Fsp3) is 0.731. The maximum atomic E-state index is 12.1. The third kappa shape index (κ3) is 13.9. The number of hydrogen-bond acceptors (Lipinski definition) is 4. The Balaban J connectivity index is 1.94. The third-order valence-corrected chi connectivity index (χ3v) is 5.70. The van der Waals surface area contributed by atoms with Crippen molar-refractivity contribution in [3.63, 3.8) is 0 Å². The van der Waals surface area contributed by atoms with Gasteiger partial charge in [-0.3, -0.25) is 4.79 Å². The molecule has 178 valence electrons. The molecule has 1 amide bonds. The van der Waals surface area contributed by atoms with Crippen LogP contribution in [-0.4, -0.2) is 33.2 Å². The average molecular weight is 435 g/mol. The Labute approximate surface area is 190 Å². The quantitative estimate of drug-likeness (QED) is 0.224. The molecular weight excluding hydrogens is 388 g/mol. The normalized spacial score (nSPS) is 10.7. The maximum Gasteiger partial charge on any atom is 0.239 e. The van der Waals surface area contributed by atoms with Gasteiger partial charge < -0.3 is 20.1 Å². The molecular formula is C26H46N2O3. The first-order chi connectivity index (χ1) is 15.2. The fourth-order valence-corrected chi connectivity index (χ4v) is 3.74. The largest absolute Gasteiger partial charge is 0.497 e. The van der Waals surface area contributed by atoms with Gasteiger partial charge in [-0.2, -0.15) is 0 Å². The predicted octanol–water partition coefficient (Wildman–Crippen LogP) is 6.71. The van der Waals surface area contributed by atoms with Crippen LogP contribution in [0.25, 0.3) is 0 Å². The number of carbonyl (C=O) groups is 1. The van der Waals surface area contributed by atoms with E-state index in [1.165, 1.54) is 83.5 Å². The van der Waals surface area contributed by atoms with Gasteiger partial charge in [-0.1, -0.05) is 90.4 Å².